The molecule has 0 saturated carbocycles. The van der Waals surface area contributed by atoms with E-state index in [1.165, 1.54) is 11.9 Å². The fraction of sp³-hybridized carbons (Fsp3) is 0.556. The van der Waals surface area contributed by atoms with Gasteiger partial charge in [-0.1, -0.05) is 50.9 Å². The molecule has 0 amide bonds. The van der Waals surface area contributed by atoms with Crippen LogP contribution in [0, 0.1) is 5.41 Å². The molecule has 0 aliphatic carbocycles. The average Bonchev–Trinajstić information content (AvgIpc) is 2.99. The first kappa shape index (κ1) is 18.0. The van der Waals surface area contributed by atoms with E-state index >= 15 is 0 Å². The zero-order valence-electron chi connectivity index (χ0n) is 14.2. The van der Waals surface area contributed by atoms with E-state index in [-0.39, 0.29) is 5.41 Å². The largest absolute Gasteiger partial charge is 0.387 e. The van der Waals surface area contributed by atoms with Gasteiger partial charge in [0.25, 0.3) is 0 Å². The first-order valence-electron chi connectivity index (χ1n) is 8.15. The smallest absolute Gasteiger partial charge is 0.137 e. The van der Waals surface area contributed by atoms with Gasteiger partial charge in [0.05, 0.1) is 12.1 Å². The van der Waals surface area contributed by atoms with Crippen LogP contribution in [0.5, 0.6) is 0 Å². The Labute approximate surface area is 143 Å². The van der Waals surface area contributed by atoms with E-state index in [9.17, 15) is 5.11 Å². The van der Waals surface area contributed by atoms with E-state index in [1.54, 1.807) is 11.0 Å². The summed E-state index contributed by atoms with van der Waals surface area (Å²) >= 11 is 5.94. The molecule has 4 nitrogen and oxygen atoms in total. The molecule has 1 aromatic carbocycles. The van der Waals surface area contributed by atoms with Crippen LogP contribution in [0.2, 0.25) is 5.02 Å². The second-order valence-electron chi connectivity index (χ2n) is 6.88. The second-order valence-corrected chi connectivity index (χ2v) is 7.32. The maximum atomic E-state index is 11.4. The van der Waals surface area contributed by atoms with E-state index in [0.29, 0.717) is 13.0 Å². The summed E-state index contributed by atoms with van der Waals surface area (Å²) in [6.45, 7) is 6.87. The summed E-state index contributed by atoms with van der Waals surface area (Å²) in [5.74, 6) is 0. The van der Waals surface area contributed by atoms with Gasteiger partial charge >= 0.3 is 0 Å². The number of aromatic nitrogens is 3. The van der Waals surface area contributed by atoms with Crippen molar-refractivity contribution < 1.29 is 5.11 Å². The second kappa shape index (κ2) is 7.45. The molecule has 0 fully saturated rings. The fourth-order valence-corrected chi connectivity index (χ4v) is 3.20. The number of hydrogen-bond donors (Lipinski definition) is 1. The molecule has 1 atom stereocenters. The SMILES string of the molecule is CCCC(C)(C)C(O)(CCc1ccc(Cl)cc1)Cn1cncn1. The van der Waals surface area contributed by atoms with Gasteiger partial charge in [-0.15, -0.1) is 0 Å². The van der Waals surface area contributed by atoms with Gasteiger partial charge in [0.2, 0.25) is 0 Å². The molecule has 0 saturated heterocycles. The third kappa shape index (κ3) is 4.55. The summed E-state index contributed by atoms with van der Waals surface area (Å²) in [5, 5.41) is 16.3. The van der Waals surface area contributed by atoms with Crippen molar-refractivity contribution in [2.45, 2.75) is 58.6 Å². The lowest BCUT2D eigenvalue weighted by Crippen LogP contribution is -2.48. The Morgan fingerprint density at radius 1 is 1.17 bits per heavy atom. The van der Waals surface area contributed by atoms with Gasteiger partial charge < -0.3 is 5.11 Å². The summed E-state index contributed by atoms with van der Waals surface area (Å²) in [4.78, 5) is 3.99. The Morgan fingerprint density at radius 3 is 2.43 bits per heavy atom. The van der Waals surface area contributed by atoms with E-state index in [4.69, 9.17) is 11.6 Å². The number of aliphatic hydroxyl groups is 1. The number of aryl methyl sites for hydroxylation is 1. The first-order valence-corrected chi connectivity index (χ1v) is 8.53. The van der Waals surface area contributed by atoms with Crippen LogP contribution in [0.25, 0.3) is 0 Å². The van der Waals surface area contributed by atoms with Gasteiger partial charge in [-0.2, -0.15) is 5.10 Å². The number of rotatable bonds is 8. The van der Waals surface area contributed by atoms with E-state index in [0.717, 1.165) is 24.3 Å². The van der Waals surface area contributed by atoms with Crippen LogP contribution in [-0.4, -0.2) is 25.5 Å². The molecule has 1 unspecified atom stereocenters. The molecule has 23 heavy (non-hydrogen) atoms. The molecule has 0 aliphatic heterocycles. The number of hydrogen-bond acceptors (Lipinski definition) is 3. The topological polar surface area (TPSA) is 50.9 Å². The van der Waals surface area contributed by atoms with Crippen molar-refractivity contribution in [1.82, 2.24) is 14.8 Å². The Bertz CT molecular complexity index is 595. The van der Waals surface area contributed by atoms with E-state index < -0.39 is 5.60 Å². The van der Waals surface area contributed by atoms with Crippen molar-refractivity contribution in [3.8, 4) is 0 Å². The third-order valence-corrected chi connectivity index (χ3v) is 5.02. The standard InChI is InChI=1S/C18H26ClN3O/c1-4-10-17(2,3)18(23,12-22-14-20-13-21-22)11-9-15-5-7-16(19)8-6-15/h5-8,13-14,23H,4,9-12H2,1-3H3. The third-order valence-electron chi connectivity index (χ3n) is 4.77. The average molecular weight is 336 g/mol. The molecule has 2 rings (SSSR count). The van der Waals surface area contributed by atoms with Gasteiger partial charge in [-0.25, -0.2) is 4.98 Å². The van der Waals surface area contributed by atoms with Gasteiger partial charge in [0, 0.05) is 5.02 Å². The molecule has 0 aliphatic rings. The minimum Gasteiger partial charge on any atom is -0.387 e. The predicted octanol–water partition coefficient (Wildman–Crippen LogP) is 4.12. The minimum absolute atomic E-state index is 0.208. The first-order chi connectivity index (χ1) is 10.9. The molecule has 0 spiro atoms. The summed E-state index contributed by atoms with van der Waals surface area (Å²) in [7, 11) is 0. The van der Waals surface area contributed by atoms with E-state index in [1.807, 2.05) is 24.3 Å². The fourth-order valence-electron chi connectivity index (χ4n) is 3.07. The summed E-state index contributed by atoms with van der Waals surface area (Å²) in [5.41, 5.74) is 0.120. The molecule has 5 heteroatoms. The lowest BCUT2D eigenvalue weighted by Gasteiger charge is -2.43. The van der Waals surface area contributed by atoms with Gasteiger partial charge in [0.15, 0.2) is 0 Å². The maximum absolute atomic E-state index is 11.4. The number of benzene rings is 1. The Kier molecular flexibility index (Phi) is 5.82. The lowest BCUT2D eigenvalue weighted by molar-refractivity contribution is -0.0923. The molecule has 126 valence electrons. The summed E-state index contributed by atoms with van der Waals surface area (Å²) < 4.78 is 1.72. The van der Waals surface area contributed by atoms with Crippen LogP contribution >= 0.6 is 11.6 Å². The maximum Gasteiger partial charge on any atom is 0.137 e. The zero-order valence-corrected chi connectivity index (χ0v) is 14.9. The van der Waals surface area contributed by atoms with Crippen molar-refractivity contribution >= 4 is 11.6 Å². The van der Waals surface area contributed by atoms with Gasteiger partial charge in [-0.05, 0) is 42.4 Å². The van der Waals surface area contributed by atoms with Crippen LogP contribution < -0.4 is 0 Å². The van der Waals surface area contributed by atoms with Crippen molar-refractivity contribution in [2.24, 2.45) is 5.41 Å². The molecule has 1 heterocycles. The Hall–Kier alpha value is -1.39. The summed E-state index contributed by atoms with van der Waals surface area (Å²) in [6, 6.07) is 7.82. The molecular weight excluding hydrogens is 310 g/mol. The van der Waals surface area contributed by atoms with Crippen molar-refractivity contribution in [1.29, 1.82) is 0 Å². The lowest BCUT2D eigenvalue weighted by atomic mass is 9.69. The quantitative estimate of drug-likeness (QED) is 0.789. The molecule has 0 bridgehead atoms. The minimum atomic E-state index is -0.851. The van der Waals surface area contributed by atoms with Crippen LogP contribution in [0.4, 0.5) is 0 Å². The molecule has 1 aromatic heterocycles. The van der Waals surface area contributed by atoms with Crippen LogP contribution in [0.15, 0.2) is 36.9 Å². The highest BCUT2D eigenvalue weighted by Crippen LogP contribution is 2.40. The molecule has 0 radical (unpaired) electrons. The number of nitrogens with zero attached hydrogens (tertiary/aromatic N) is 3. The monoisotopic (exact) mass is 335 g/mol. The molecular formula is C18H26ClN3O. The number of halogens is 1. The summed E-state index contributed by atoms with van der Waals surface area (Å²) in [6.07, 6.45) is 6.63. The Morgan fingerprint density at radius 2 is 1.87 bits per heavy atom. The molecule has 1 N–H and O–H groups in total. The van der Waals surface area contributed by atoms with Crippen molar-refractivity contribution in [3.05, 3.63) is 47.5 Å². The van der Waals surface area contributed by atoms with Crippen molar-refractivity contribution in [3.63, 3.8) is 0 Å². The normalized spacial score (nSPS) is 14.7. The van der Waals surface area contributed by atoms with Crippen LogP contribution in [0.3, 0.4) is 0 Å². The van der Waals surface area contributed by atoms with E-state index in [2.05, 4.69) is 30.9 Å². The highest BCUT2D eigenvalue weighted by Gasteiger charge is 2.42. The van der Waals surface area contributed by atoms with Crippen LogP contribution in [0.1, 0.15) is 45.6 Å². The highest BCUT2D eigenvalue weighted by atomic mass is 35.5. The van der Waals surface area contributed by atoms with Gasteiger partial charge in [0.1, 0.15) is 12.7 Å². The van der Waals surface area contributed by atoms with Gasteiger partial charge in [-0.3, -0.25) is 4.68 Å². The zero-order chi connectivity index (χ0) is 16.9. The highest BCUT2D eigenvalue weighted by molar-refractivity contribution is 6.30. The predicted molar refractivity (Wildman–Crippen MR) is 93.4 cm³/mol. The Balaban J connectivity index is 2.16. The van der Waals surface area contributed by atoms with Crippen LogP contribution in [-0.2, 0) is 13.0 Å². The molecule has 2 aromatic rings. The van der Waals surface area contributed by atoms with Crippen molar-refractivity contribution in [2.75, 3.05) is 0 Å².